The number of nitrogens with zero attached hydrogens (tertiary/aromatic N) is 3. The Morgan fingerprint density at radius 1 is 1.43 bits per heavy atom. The molecular weight excluding hydrogens is 270 g/mol. The van der Waals surface area contributed by atoms with E-state index in [1.54, 1.807) is 12.1 Å². The molecule has 6 nitrogen and oxygen atoms in total. The fourth-order valence-corrected chi connectivity index (χ4v) is 2.56. The highest BCUT2D eigenvalue weighted by molar-refractivity contribution is 5.94. The van der Waals surface area contributed by atoms with Crippen LogP contribution >= 0.6 is 0 Å². The zero-order chi connectivity index (χ0) is 14.7. The molecule has 1 aromatic carbocycles. The molecule has 6 heteroatoms. The first kappa shape index (κ1) is 13.6. The predicted molar refractivity (Wildman–Crippen MR) is 75.2 cm³/mol. The fraction of sp³-hybridized carbons (Fsp3) is 0.400. The van der Waals surface area contributed by atoms with Crippen LogP contribution in [-0.4, -0.2) is 40.6 Å². The van der Waals surface area contributed by atoms with E-state index in [1.807, 2.05) is 24.0 Å². The number of hydrogen-bond acceptors (Lipinski definition) is 5. The topological polar surface area (TPSA) is 68.5 Å². The van der Waals surface area contributed by atoms with Gasteiger partial charge in [-0.2, -0.15) is 4.98 Å². The van der Waals surface area contributed by atoms with Crippen LogP contribution in [0.25, 0.3) is 0 Å². The van der Waals surface area contributed by atoms with Gasteiger partial charge in [0, 0.05) is 24.6 Å². The second-order valence-electron chi connectivity index (χ2n) is 4.98. The summed E-state index contributed by atoms with van der Waals surface area (Å²) in [6.07, 6.45) is 2.19. The Morgan fingerprint density at radius 3 is 2.90 bits per heavy atom. The second kappa shape index (κ2) is 5.95. The van der Waals surface area contributed by atoms with E-state index < -0.39 is 0 Å². The van der Waals surface area contributed by atoms with Crippen molar-refractivity contribution in [3.8, 4) is 5.75 Å². The molecule has 110 valence electrons. The number of benzene rings is 1. The standard InChI is InChI=1S/C15H17N3O3/c1-2-20-13-5-3-11(4-6-13)15(19)18-8-7-12(9-18)14-16-10-21-17-14/h3-6,10,12H,2,7-9H2,1H3/t12-/m1/s1. The van der Waals surface area contributed by atoms with Crippen LogP contribution in [0.4, 0.5) is 0 Å². The first-order valence-electron chi connectivity index (χ1n) is 7.06. The van der Waals surface area contributed by atoms with Gasteiger partial charge in [-0.05, 0) is 37.6 Å². The van der Waals surface area contributed by atoms with Crippen molar-refractivity contribution in [1.29, 1.82) is 0 Å². The summed E-state index contributed by atoms with van der Waals surface area (Å²) in [5, 5.41) is 3.86. The molecule has 0 N–H and O–H groups in total. The lowest BCUT2D eigenvalue weighted by molar-refractivity contribution is 0.0790. The molecule has 0 spiro atoms. The van der Waals surface area contributed by atoms with Crippen LogP contribution in [0.2, 0.25) is 0 Å². The molecule has 1 amide bonds. The molecule has 0 bridgehead atoms. The van der Waals surface area contributed by atoms with Gasteiger partial charge < -0.3 is 14.2 Å². The Bertz CT molecular complexity index is 595. The highest BCUT2D eigenvalue weighted by Gasteiger charge is 2.30. The monoisotopic (exact) mass is 287 g/mol. The zero-order valence-corrected chi connectivity index (χ0v) is 11.9. The zero-order valence-electron chi connectivity index (χ0n) is 11.9. The third-order valence-electron chi connectivity index (χ3n) is 3.63. The lowest BCUT2D eigenvalue weighted by Gasteiger charge is -2.16. The van der Waals surface area contributed by atoms with Gasteiger partial charge in [-0.15, -0.1) is 0 Å². The van der Waals surface area contributed by atoms with Gasteiger partial charge in [0.2, 0.25) is 6.39 Å². The molecule has 3 rings (SSSR count). The van der Waals surface area contributed by atoms with E-state index in [9.17, 15) is 4.79 Å². The van der Waals surface area contributed by atoms with Gasteiger partial charge in [-0.25, -0.2) is 0 Å². The summed E-state index contributed by atoms with van der Waals surface area (Å²) in [7, 11) is 0. The van der Waals surface area contributed by atoms with E-state index in [0.717, 1.165) is 12.2 Å². The van der Waals surface area contributed by atoms with Gasteiger partial charge in [-0.1, -0.05) is 5.16 Å². The Labute approximate surface area is 122 Å². The summed E-state index contributed by atoms with van der Waals surface area (Å²) in [6, 6.07) is 7.25. The van der Waals surface area contributed by atoms with Crippen LogP contribution in [0.3, 0.4) is 0 Å². The van der Waals surface area contributed by atoms with Crippen molar-refractivity contribution in [3.05, 3.63) is 42.0 Å². The predicted octanol–water partition coefficient (Wildman–Crippen LogP) is 2.10. The average Bonchev–Trinajstić information content (AvgIpc) is 3.19. The third kappa shape index (κ3) is 2.89. The van der Waals surface area contributed by atoms with Gasteiger partial charge in [0.1, 0.15) is 5.75 Å². The van der Waals surface area contributed by atoms with E-state index in [0.29, 0.717) is 31.1 Å². The Kier molecular flexibility index (Phi) is 3.85. The fourth-order valence-electron chi connectivity index (χ4n) is 2.56. The maximum Gasteiger partial charge on any atom is 0.253 e. The van der Waals surface area contributed by atoms with Gasteiger partial charge >= 0.3 is 0 Å². The molecule has 1 aliphatic heterocycles. The summed E-state index contributed by atoms with van der Waals surface area (Å²) in [6.45, 7) is 3.89. The number of likely N-dealkylation sites (tertiary alicyclic amines) is 1. The summed E-state index contributed by atoms with van der Waals surface area (Å²) >= 11 is 0. The Morgan fingerprint density at radius 2 is 2.24 bits per heavy atom. The maximum absolute atomic E-state index is 12.5. The van der Waals surface area contributed by atoms with E-state index >= 15 is 0 Å². The van der Waals surface area contributed by atoms with Crippen molar-refractivity contribution in [2.75, 3.05) is 19.7 Å². The number of ether oxygens (including phenoxy) is 1. The van der Waals surface area contributed by atoms with Crippen LogP contribution in [0.5, 0.6) is 5.75 Å². The van der Waals surface area contributed by atoms with Crippen LogP contribution < -0.4 is 4.74 Å². The maximum atomic E-state index is 12.5. The van der Waals surface area contributed by atoms with E-state index in [2.05, 4.69) is 10.1 Å². The molecule has 0 unspecified atom stereocenters. The Hall–Kier alpha value is -2.37. The second-order valence-corrected chi connectivity index (χ2v) is 4.98. The minimum atomic E-state index is 0.0315. The highest BCUT2D eigenvalue weighted by Crippen LogP contribution is 2.26. The molecule has 1 atom stereocenters. The minimum Gasteiger partial charge on any atom is -0.494 e. The summed E-state index contributed by atoms with van der Waals surface area (Å²) in [4.78, 5) is 18.3. The van der Waals surface area contributed by atoms with Crippen molar-refractivity contribution >= 4 is 5.91 Å². The molecule has 1 aromatic heterocycles. The number of carbonyl (C=O) groups excluding carboxylic acids is 1. The van der Waals surface area contributed by atoms with Crippen molar-refractivity contribution < 1.29 is 14.1 Å². The number of rotatable bonds is 4. The van der Waals surface area contributed by atoms with Gasteiger partial charge in [0.05, 0.1) is 6.61 Å². The molecule has 0 aliphatic carbocycles. The smallest absolute Gasteiger partial charge is 0.253 e. The minimum absolute atomic E-state index is 0.0315. The molecule has 21 heavy (non-hydrogen) atoms. The third-order valence-corrected chi connectivity index (χ3v) is 3.63. The largest absolute Gasteiger partial charge is 0.494 e. The van der Waals surface area contributed by atoms with Crippen LogP contribution in [0, 0.1) is 0 Å². The molecule has 1 saturated heterocycles. The lowest BCUT2D eigenvalue weighted by Crippen LogP contribution is -2.28. The van der Waals surface area contributed by atoms with Crippen molar-refractivity contribution in [3.63, 3.8) is 0 Å². The summed E-state index contributed by atoms with van der Waals surface area (Å²) in [5.74, 6) is 1.65. The molecule has 1 fully saturated rings. The normalized spacial score (nSPS) is 18.0. The first-order valence-corrected chi connectivity index (χ1v) is 7.06. The van der Waals surface area contributed by atoms with Crippen molar-refractivity contribution in [2.45, 2.75) is 19.3 Å². The molecule has 1 aliphatic rings. The van der Waals surface area contributed by atoms with Crippen molar-refractivity contribution in [1.82, 2.24) is 15.0 Å². The SMILES string of the molecule is CCOc1ccc(C(=O)N2CC[C@@H](c3ncon3)C2)cc1. The van der Waals surface area contributed by atoms with Crippen LogP contribution in [0.1, 0.15) is 35.4 Å². The van der Waals surface area contributed by atoms with Crippen LogP contribution in [-0.2, 0) is 0 Å². The Balaban J connectivity index is 1.66. The van der Waals surface area contributed by atoms with E-state index in [4.69, 9.17) is 9.26 Å². The molecule has 2 heterocycles. The van der Waals surface area contributed by atoms with E-state index in [-0.39, 0.29) is 11.8 Å². The summed E-state index contributed by atoms with van der Waals surface area (Å²) < 4.78 is 10.1. The lowest BCUT2D eigenvalue weighted by atomic mass is 10.1. The number of hydrogen-bond donors (Lipinski definition) is 0. The van der Waals surface area contributed by atoms with Crippen LogP contribution in [0.15, 0.2) is 35.2 Å². The average molecular weight is 287 g/mol. The van der Waals surface area contributed by atoms with Gasteiger partial charge in [0.25, 0.3) is 5.91 Å². The van der Waals surface area contributed by atoms with E-state index in [1.165, 1.54) is 6.39 Å². The number of carbonyl (C=O) groups is 1. The number of amides is 1. The molecule has 0 saturated carbocycles. The first-order chi connectivity index (χ1) is 10.3. The molecular formula is C15H17N3O3. The van der Waals surface area contributed by atoms with Gasteiger partial charge in [-0.3, -0.25) is 4.79 Å². The van der Waals surface area contributed by atoms with Gasteiger partial charge in [0.15, 0.2) is 5.82 Å². The summed E-state index contributed by atoms with van der Waals surface area (Å²) in [5.41, 5.74) is 0.673. The number of aromatic nitrogens is 2. The molecule has 0 radical (unpaired) electrons. The molecule has 2 aromatic rings. The van der Waals surface area contributed by atoms with Crippen molar-refractivity contribution in [2.24, 2.45) is 0 Å². The highest BCUT2D eigenvalue weighted by atomic mass is 16.5. The quantitative estimate of drug-likeness (QED) is 0.861.